The number of nitrogens with zero attached hydrogens (tertiary/aromatic N) is 2. The Morgan fingerprint density at radius 2 is 1.62 bits per heavy atom. The van der Waals surface area contributed by atoms with Crippen LogP contribution in [0.3, 0.4) is 0 Å². The van der Waals surface area contributed by atoms with E-state index in [0.717, 1.165) is 15.4 Å². The van der Waals surface area contributed by atoms with Crippen LogP contribution in [0.4, 0.5) is 5.69 Å². The fraction of sp³-hybridized carbons (Fsp3) is 0.333. The zero-order valence-electron chi connectivity index (χ0n) is 23.0. The summed E-state index contributed by atoms with van der Waals surface area (Å²) in [6, 6.07) is 19.7. The van der Waals surface area contributed by atoms with E-state index in [4.69, 9.17) is 11.6 Å². The first-order chi connectivity index (χ1) is 18.4. The Morgan fingerprint density at radius 1 is 0.923 bits per heavy atom. The predicted molar refractivity (Wildman–Crippen MR) is 156 cm³/mol. The van der Waals surface area contributed by atoms with Gasteiger partial charge in [-0.05, 0) is 62.1 Å². The lowest BCUT2D eigenvalue weighted by molar-refractivity contribution is -0.139. The topological polar surface area (TPSA) is 86.8 Å². The first-order valence-corrected chi connectivity index (χ1v) is 14.7. The molecule has 3 aromatic rings. The Kier molecular flexibility index (Phi) is 10.2. The molecule has 1 N–H and O–H groups in total. The number of benzene rings is 3. The van der Waals surface area contributed by atoms with Crippen molar-refractivity contribution in [3.05, 3.63) is 94.5 Å². The van der Waals surface area contributed by atoms with Crippen molar-refractivity contribution in [3.63, 3.8) is 0 Å². The molecule has 0 heterocycles. The minimum absolute atomic E-state index is 0.0464. The summed E-state index contributed by atoms with van der Waals surface area (Å²) >= 11 is 6.26. The Hall–Kier alpha value is -3.36. The van der Waals surface area contributed by atoms with Gasteiger partial charge in [-0.1, -0.05) is 79.5 Å². The van der Waals surface area contributed by atoms with E-state index in [0.29, 0.717) is 22.8 Å². The number of carbonyl (C=O) groups is 2. The van der Waals surface area contributed by atoms with E-state index in [-0.39, 0.29) is 23.3 Å². The third-order valence-electron chi connectivity index (χ3n) is 6.34. The highest BCUT2D eigenvalue weighted by molar-refractivity contribution is 7.92. The van der Waals surface area contributed by atoms with Gasteiger partial charge in [0, 0.05) is 18.1 Å². The fourth-order valence-electron chi connectivity index (χ4n) is 4.13. The molecule has 0 bridgehead atoms. The number of amides is 2. The molecule has 0 fully saturated rings. The van der Waals surface area contributed by atoms with Gasteiger partial charge in [-0.2, -0.15) is 0 Å². The number of rotatable bonds is 11. The molecule has 208 valence electrons. The summed E-state index contributed by atoms with van der Waals surface area (Å²) in [7, 11) is -4.14. The van der Waals surface area contributed by atoms with Gasteiger partial charge in [0.2, 0.25) is 11.8 Å². The lowest BCUT2D eigenvalue weighted by Crippen LogP contribution is -2.51. The van der Waals surface area contributed by atoms with Gasteiger partial charge in [0.05, 0.1) is 10.6 Å². The molecule has 0 saturated heterocycles. The Labute approximate surface area is 236 Å². The van der Waals surface area contributed by atoms with Gasteiger partial charge < -0.3 is 10.2 Å². The molecule has 0 radical (unpaired) electrons. The fourth-order valence-corrected chi connectivity index (χ4v) is 5.78. The van der Waals surface area contributed by atoms with Gasteiger partial charge in [-0.15, -0.1) is 0 Å². The molecule has 39 heavy (non-hydrogen) atoms. The Balaban J connectivity index is 2.04. The average Bonchev–Trinajstić information content (AvgIpc) is 2.90. The molecule has 2 amide bonds. The van der Waals surface area contributed by atoms with Gasteiger partial charge in [0.1, 0.15) is 12.6 Å². The third-order valence-corrected chi connectivity index (χ3v) is 8.35. The molecule has 7 nitrogen and oxygen atoms in total. The van der Waals surface area contributed by atoms with Gasteiger partial charge in [-0.3, -0.25) is 13.9 Å². The summed E-state index contributed by atoms with van der Waals surface area (Å²) in [5, 5.41) is 3.23. The van der Waals surface area contributed by atoms with E-state index in [1.54, 1.807) is 44.2 Å². The van der Waals surface area contributed by atoms with Gasteiger partial charge >= 0.3 is 0 Å². The minimum atomic E-state index is -4.14. The highest BCUT2D eigenvalue weighted by Crippen LogP contribution is 2.30. The lowest BCUT2D eigenvalue weighted by Gasteiger charge is -2.32. The molecule has 1 atom stereocenters. The molecular formula is C30H36ClN3O4S. The van der Waals surface area contributed by atoms with Crippen molar-refractivity contribution in [2.45, 2.75) is 52.1 Å². The van der Waals surface area contributed by atoms with Crippen molar-refractivity contribution in [1.82, 2.24) is 10.2 Å². The molecule has 0 aliphatic heterocycles. The zero-order chi connectivity index (χ0) is 28.7. The largest absolute Gasteiger partial charge is 0.354 e. The SMILES string of the molecule is Cc1cccc(CN(C(=O)CN(c2cc(Cl)ccc2C)S(=O)(=O)c2ccccc2)[C@@H](C)C(=O)NCC(C)C)c1. The van der Waals surface area contributed by atoms with Crippen LogP contribution in [0.2, 0.25) is 5.02 Å². The van der Waals surface area contributed by atoms with Crippen LogP contribution in [-0.4, -0.2) is 44.3 Å². The smallest absolute Gasteiger partial charge is 0.264 e. The van der Waals surface area contributed by atoms with Crippen LogP contribution in [0.5, 0.6) is 0 Å². The number of sulfonamides is 1. The quantitative estimate of drug-likeness (QED) is 0.338. The van der Waals surface area contributed by atoms with Crippen LogP contribution in [0.15, 0.2) is 77.7 Å². The van der Waals surface area contributed by atoms with Crippen molar-refractivity contribution >= 4 is 39.1 Å². The number of aryl methyl sites for hydroxylation is 2. The van der Waals surface area contributed by atoms with E-state index in [2.05, 4.69) is 5.32 Å². The first-order valence-electron chi connectivity index (χ1n) is 12.9. The predicted octanol–water partition coefficient (Wildman–Crippen LogP) is 5.34. The van der Waals surface area contributed by atoms with Crippen LogP contribution in [0.25, 0.3) is 0 Å². The Morgan fingerprint density at radius 3 is 2.26 bits per heavy atom. The number of hydrogen-bond donors (Lipinski definition) is 1. The number of anilines is 1. The summed E-state index contributed by atoms with van der Waals surface area (Å²) in [6.07, 6.45) is 0. The molecule has 0 saturated carbocycles. The zero-order valence-corrected chi connectivity index (χ0v) is 24.6. The summed E-state index contributed by atoms with van der Waals surface area (Å²) in [5.41, 5.74) is 2.79. The highest BCUT2D eigenvalue weighted by Gasteiger charge is 2.33. The van der Waals surface area contributed by atoms with E-state index in [1.807, 2.05) is 45.0 Å². The maximum absolute atomic E-state index is 14.0. The Bertz CT molecular complexity index is 1410. The maximum atomic E-state index is 14.0. The summed E-state index contributed by atoms with van der Waals surface area (Å²) in [6.45, 7) is 9.44. The van der Waals surface area contributed by atoms with Crippen LogP contribution >= 0.6 is 11.6 Å². The second-order valence-electron chi connectivity index (χ2n) is 10.1. The second kappa shape index (κ2) is 13.1. The number of nitrogens with one attached hydrogen (secondary N) is 1. The minimum Gasteiger partial charge on any atom is -0.354 e. The molecule has 9 heteroatoms. The van der Waals surface area contributed by atoms with Crippen LogP contribution in [0.1, 0.15) is 37.5 Å². The summed E-state index contributed by atoms with van der Waals surface area (Å²) < 4.78 is 28.8. The van der Waals surface area contributed by atoms with Gasteiger partial charge in [0.25, 0.3) is 10.0 Å². The van der Waals surface area contributed by atoms with Crippen LogP contribution in [-0.2, 0) is 26.2 Å². The van der Waals surface area contributed by atoms with Crippen LogP contribution in [0, 0.1) is 19.8 Å². The van der Waals surface area contributed by atoms with E-state index < -0.39 is 28.5 Å². The normalized spacial score (nSPS) is 12.2. The molecule has 0 aliphatic carbocycles. The number of hydrogen-bond acceptors (Lipinski definition) is 4. The molecule has 3 rings (SSSR count). The van der Waals surface area contributed by atoms with E-state index >= 15 is 0 Å². The number of carbonyl (C=O) groups excluding carboxylic acids is 2. The standard InChI is InChI=1S/C30H36ClN3O4S/c1-21(2)18-32-30(36)24(5)33(19-25-11-9-10-22(3)16-25)29(35)20-34(28-17-26(31)15-14-23(28)4)39(37,38)27-12-7-6-8-13-27/h6-17,21,24H,18-20H2,1-5H3,(H,32,36)/t24-/m0/s1. The monoisotopic (exact) mass is 569 g/mol. The third kappa shape index (κ3) is 7.83. The number of halogens is 1. The van der Waals surface area contributed by atoms with Crippen LogP contribution < -0.4 is 9.62 Å². The molecule has 0 spiro atoms. The van der Waals surface area contributed by atoms with Crippen molar-refractivity contribution in [3.8, 4) is 0 Å². The van der Waals surface area contributed by atoms with Gasteiger partial charge in [0.15, 0.2) is 0 Å². The summed E-state index contributed by atoms with van der Waals surface area (Å²) in [5.74, 6) is -0.580. The van der Waals surface area contributed by atoms with Crippen molar-refractivity contribution in [2.75, 3.05) is 17.4 Å². The molecule has 3 aromatic carbocycles. The van der Waals surface area contributed by atoms with E-state index in [1.165, 1.54) is 23.1 Å². The lowest BCUT2D eigenvalue weighted by atomic mass is 10.1. The average molecular weight is 570 g/mol. The van der Waals surface area contributed by atoms with E-state index in [9.17, 15) is 18.0 Å². The molecule has 0 aliphatic rings. The molecule has 0 aromatic heterocycles. The maximum Gasteiger partial charge on any atom is 0.264 e. The first kappa shape index (κ1) is 30.2. The summed E-state index contributed by atoms with van der Waals surface area (Å²) in [4.78, 5) is 28.5. The van der Waals surface area contributed by atoms with Crippen molar-refractivity contribution < 1.29 is 18.0 Å². The molecule has 0 unspecified atom stereocenters. The van der Waals surface area contributed by atoms with Crippen molar-refractivity contribution in [2.24, 2.45) is 5.92 Å². The van der Waals surface area contributed by atoms with Crippen molar-refractivity contribution in [1.29, 1.82) is 0 Å². The highest BCUT2D eigenvalue weighted by atomic mass is 35.5. The van der Waals surface area contributed by atoms with Gasteiger partial charge in [-0.25, -0.2) is 8.42 Å². The molecular weight excluding hydrogens is 534 g/mol. The second-order valence-corrected chi connectivity index (χ2v) is 12.4.